The maximum absolute atomic E-state index is 8.80. The van der Waals surface area contributed by atoms with Crippen molar-refractivity contribution in [1.82, 2.24) is 0 Å². The molecule has 0 saturated heterocycles. The molecule has 2 nitrogen and oxygen atoms in total. The van der Waals surface area contributed by atoms with Gasteiger partial charge in [-0.3, -0.25) is 0 Å². The summed E-state index contributed by atoms with van der Waals surface area (Å²) in [5.74, 6) is 0. The molecule has 0 aliphatic rings. The standard InChI is InChI=1S/C4H8Br2O2/c5-1-3(7)4(8)2-6/h3-4,7-8H,1-2H2/t3-,4?/m0/s1. The van der Waals surface area contributed by atoms with Crippen LogP contribution in [0.2, 0.25) is 0 Å². The number of alkyl halides is 2. The van der Waals surface area contributed by atoms with Crippen LogP contribution in [0.4, 0.5) is 0 Å². The van der Waals surface area contributed by atoms with E-state index in [0.29, 0.717) is 10.7 Å². The Morgan fingerprint density at radius 1 is 1.00 bits per heavy atom. The van der Waals surface area contributed by atoms with Gasteiger partial charge >= 0.3 is 0 Å². The Morgan fingerprint density at radius 3 is 1.38 bits per heavy atom. The molecule has 0 fully saturated rings. The molecule has 0 aliphatic carbocycles. The highest BCUT2D eigenvalue weighted by molar-refractivity contribution is 9.09. The fourth-order valence-electron chi connectivity index (χ4n) is 0.206. The van der Waals surface area contributed by atoms with Crippen LogP contribution in [0.3, 0.4) is 0 Å². The summed E-state index contributed by atoms with van der Waals surface area (Å²) < 4.78 is 0. The third-order valence-electron chi connectivity index (χ3n) is 0.760. The summed E-state index contributed by atoms with van der Waals surface area (Å²) in [5.41, 5.74) is 0. The zero-order valence-corrected chi connectivity index (χ0v) is 7.39. The van der Waals surface area contributed by atoms with E-state index in [4.69, 9.17) is 10.2 Å². The molecule has 1 unspecified atom stereocenters. The van der Waals surface area contributed by atoms with Crippen LogP contribution >= 0.6 is 31.9 Å². The SMILES string of the molecule is OC(CBr)[C@@H](O)CBr. The van der Waals surface area contributed by atoms with Crippen molar-refractivity contribution in [2.75, 3.05) is 10.7 Å². The van der Waals surface area contributed by atoms with Gasteiger partial charge < -0.3 is 10.2 Å². The molecule has 50 valence electrons. The van der Waals surface area contributed by atoms with Crippen LogP contribution in [0, 0.1) is 0 Å². The van der Waals surface area contributed by atoms with E-state index in [1.165, 1.54) is 0 Å². The first-order valence-electron chi connectivity index (χ1n) is 2.20. The third kappa shape index (κ3) is 3.02. The molecule has 2 atom stereocenters. The molecule has 0 bridgehead atoms. The second-order valence-electron chi connectivity index (χ2n) is 1.44. The van der Waals surface area contributed by atoms with Crippen molar-refractivity contribution in [2.45, 2.75) is 12.2 Å². The maximum atomic E-state index is 8.80. The summed E-state index contributed by atoms with van der Waals surface area (Å²) >= 11 is 6.05. The monoisotopic (exact) mass is 246 g/mol. The van der Waals surface area contributed by atoms with Crippen molar-refractivity contribution in [3.8, 4) is 0 Å². The van der Waals surface area contributed by atoms with Gasteiger partial charge in [0.1, 0.15) is 0 Å². The predicted molar refractivity (Wildman–Crippen MR) is 39.6 cm³/mol. The van der Waals surface area contributed by atoms with Crippen LogP contribution in [0.5, 0.6) is 0 Å². The molecule has 0 aliphatic heterocycles. The smallest absolute Gasteiger partial charge is 0.0903 e. The van der Waals surface area contributed by atoms with Gasteiger partial charge in [-0.15, -0.1) is 0 Å². The number of rotatable bonds is 3. The molecule has 2 N–H and O–H groups in total. The van der Waals surface area contributed by atoms with Gasteiger partial charge in [0.2, 0.25) is 0 Å². The van der Waals surface area contributed by atoms with Crippen LogP contribution in [0.25, 0.3) is 0 Å². The number of aliphatic hydroxyl groups excluding tert-OH is 2. The van der Waals surface area contributed by atoms with Crippen LogP contribution in [0.15, 0.2) is 0 Å². The van der Waals surface area contributed by atoms with E-state index < -0.39 is 12.2 Å². The van der Waals surface area contributed by atoms with Crippen LogP contribution < -0.4 is 0 Å². The highest BCUT2D eigenvalue weighted by atomic mass is 79.9. The molecule has 0 aromatic rings. The highest BCUT2D eigenvalue weighted by Crippen LogP contribution is 2.00. The Bertz CT molecular complexity index is 52.0. The lowest BCUT2D eigenvalue weighted by Crippen LogP contribution is -2.28. The van der Waals surface area contributed by atoms with Crippen molar-refractivity contribution in [3.05, 3.63) is 0 Å². The Balaban J connectivity index is 3.29. The normalized spacial score (nSPS) is 18.0. The zero-order chi connectivity index (χ0) is 6.57. The zero-order valence-electron chi connectivity index (χ0n) is 4.22. The van der Waals surface area contributed by atoms with E-state index in [9.17, 15) is 0 Å². The molecule has 4 heteroatoms. The number of hydrogen-bond acceptors (Lipinski definition) is 2. The first-order valence-corrected chi connectivity index (χ1v) is 4.44. The summed E-state index contributed by atoms with van der Waals surface area (Å²) in [6.07, 6.45) is -1.32. The summed E-state index contributed by atoms with van der Waals surface area (Å²) in [7, 11) is 0. The average Bonchev–Trinajstić information content (AvgIpc) is 1.84. The summed E-state index contributed by atoms with van der Waals surface area (Å²) in [4.78, 5) is 0. The van der Waals surface area contributed by atoms with E-state index in [1.54, 1.807) is 0 Å². The van der Waals surface area contributed by atoms with E-state index >= 15 is 0 Å². The largest absolute Gasteiger partial charge is 0.390 e. The van der Waals surface area contributed by atoms with E-state index in [0.717, 1.165) is 0 Å². The third-order valence-corrected chi connectivity index (χ3v) is 2.09. The number of aliphatic hydroxyl groups is 2. The molecule has 0 aromatic heterocycles. The van der Waals surface area contributed by atoms with Crippen molar-refractivity contribution in [1.29, 1.82) is 0 Å². The van der Waals surface area contributed by atoms with Gasteiger partial charge in [-0.1, -0.05) is 31.9 Å². The van der Waals surface area contributed by atoms with Gasteiger partial charge in [-0.05, 0) is 0 Å². The van der Waals surface area contributed by atoms with Crippen molar-refractivity contribution in [3.63, 3.8) is 0 Å². The van der Waals surface area contributed by atoms with Crippen LogP contribution in [-0.2, 0) is 0 Å². The average molecular weight is 248 g/mol. The minimum atomic E-state index is -0.658. The quantitative estimate of drug-likeness (QED) is 0.714. The fourth-order valence-corrected chi connectivity index (χ4v) is 1.07. The molecule has 0 heterocycles. The topological polar surface area (TPSA) is 40.5 Å². The van der Waals surface area contributed by atoms with Crippen LogP contribution in [0.1, 0.15) is 0 Å². The Hall–Kier alpha value is 0.880. The summed E-state index contributed by atoms with van der Waals surface area (Å²) in [5, 5.41) is 18.4. The lowest BCUT2D eigenvalue weighted by atomic mass is 10.3. The molecule has 0 spiro atoms. The van der Waals surface area contributed by atoms with Gasteiger partial charge in [0, 0.05) is 10.7 Å². The van der Waals surface area contributed by atoms with Gasteiger partial charge in [0.25, 0.3) is 0 Å². The minimum absolute atomic E-state index is 0.416. The Morgan fingerprint density at radius 2 is 1.25 bits per heavy atom. The van der Waals surface area contributed by atoms with E-state index in [1.807, 2.05) is 0 Å². The van der Waals surface area contributed by atoms with Crippen LogP contribution in [-0.4, -0.2) is 33.1 Å². The summed E-state index contributed by atoms with van der Waals surface area (Å²) in [6, 6.07) is 0. The van der Waals surface area contributed by atoms with Gasteiger partial charge in [-0.25, -0.2) is 0 Å². The number of halogens is 2. The first kappa shape index (κ1) is 8.88. The molecule has 0 rings (SSSR count). The minimum Gasteiger partial charge on any atom is -0.390 e. The molecule has 0 saturated carbocycles. The van der Waals surface area contributed by atoms with Crippen molar-refractivity contribution >= 4 is 31.9 Å². The second kappa shape index (κ2) is 4.73. The molecule has 0 amide bonds. The Kier molecular flexibility index (Phi) is 5.25. The number of hydrogen-bond donors (Lipinski definition) is 2. The molecule has 8 heavy (non-hydrogen) atoms. The van der Waals surface area contributed by atoms with Crippen molar-refractivity contribution in [2.24, 2.45) is 0 Å². The molecule has 0 aromatic carbocycles. The molecular formula is C4H8Br2O2. The highest BCUT2D eigenvalue weighted by Gasteiger charge is 2.11. The maximum Gasteiger partial charge on any atom is 0.0903 e. The summed E-state index contributed by atoms with van der Waals surface area (Å²) in [6.45, 7) is 0. The first-order chi connectivity index (χ1) is 3.72. The fraction of sp³-hybridized carbons (Fsp3) is 1.00. The van der Waals surface area contributed by atoms with Gasteiger partial charge in [0.05, 0.1) is 12.2 Å². The van der Waals surface area contributed by atoms with Crippen molar-refractivity contribution < 1.29 is 10.2 Å². The lowest BCUT2D eigenvalue weighted by Gasteiger charge is -2.10. The predicted octanol–water partition coefficient (Wildman–Crippen LogP) is 0.498. The lowest BCUT2D eigenvalue weighted by molar-refractivity contribution is 0.0515. The second-order valence-corrected chi connectivity index (χ2v) is 2.74. The van der Waals surface area contributed by atoms with E-state index in [-0.39, 0.29) is 0 Å². The van der Waals surface area contributed by atoms with Gasteiger partial charge in [-0.2, -0.15) is 0 Å². The molecule has 0 radical (unpaired) electrons. The van der Waals surface area contributed by atoms with Gasteiger partial charge in [0.15, 0.2) is 0 Å². The Labute approximate surface area is 65.2 Å². The van der Waals surface area contributed by atoms with E-state index in [2.05, 4.69) is 31.9 Å². The molecular weight excluding hydrogens is 240 g/mol.